The van der Waals surface area contributed by atoms with Crippen molar-refractivity contribution in [3.8, 4) is 0 Å². The lowest BCUT2D eigenvalue weighted by atomic mass is 9.98. The van der Waals surface area contributed by atoms with E-state index in [9.17, 15) is 18.8 Å². The fraction of sp³-hybridized carbons (Fsp3) is 0.167. The normalized spacial score (nSPS) is 13.6. The highest BCUT2D eigenvalue weighted by Crippen LogP contribution is 2.20. The van der Waals surface area contributed by atoms with Crippen molar-refractivity contribution in [1.82, 2.24) is 4.90 Å². The molecule has 0 radical (unpaired) electrons. The molecule has 0 saturated carbocycles. The van der Waals surface area contributed by atoms with Gasteiger partial charge in [0.05, 0.1) is 12.1 Å². The Hall–Kier alpha value is -3.02. The number of nitrogens with zero attached hydrogens (tertiary/aromatic N) is 1. The highest BCUT2D eigenvalue weighted by atomic mass is 19.1. The number of nitrogens with one attached hydrogen (secondary N) is 1. The van der Waals surface area contributed by atoms with Gasteiger partial charge in [-0.15, -0.1) is 0 Å². The number of amides is 3. The van der Waals surface area contributed by atoms with Crippen molar-refractivity contribution in [3.05, 3.63) is 65.5 Å². The molecule has 0 unspecified atom stereocenters. The molecule has 2 aromatic carbocycles. The van der Waals surface area contributed by atoms with Crippen molar-refractivity contribution in [1.29, 1.82) is 0 Å². The first-order chi connectivity index (χ1) is 11.6. The number of hydrogen-bond acceptors (Lipinski definition) is 3. The fourth-order valence-electron chi connectivity index (χ4n) is 2.61. The third kappa shape index (κ3) is 3.17. The number of halogens is 1. The molecule has 3 amide bonds. The zero-order valence-corrected chi connectivity index (χ0v) is 12.8. The molecule has 1 aliphatic rings. The highest BCUT2D eigenvalue weighted by molar-refractivity contribution is 6.10. The molecule has 1 aliphatic heterocycles. The van der Waals surface area contributed by atoms with Crippen LogP contribution in [0.15, 0.2) is 48.5 Å². The predicted molar refractivity (Wildman–Crippen MR) is 85.8 cm³/mol. The van der Waals surface area contributed by atoms with Gasteiger partial charge in [-0.3, -0.25) is 19.3 Å². The summed E-state index contributed by atoms with van der Waals surface area (Å²) in [5.74, 6) is -1.73. The molecule has 122 valence electrons. The zero-order chi connectivity index (χ0) is 17.1. The molecule has 0 aromatic heterocycles. The van der Waals surface area contributed by atoms with E-state index in [1.807, 2.05) is 0 Å². The van der Waals surface area contributed by atoms with Gasteiger partial charge >= 0.3 is 0 Å². The standard InChI is InChI=1S/C18H15FN2O3/c19-14-7-3-4-8-15(14)20-16(22)9-10-21-17(23)11-12-5-1-2-6-13(12)18(21)24/h1-8H,9-11H2,(H,20,22). The number of anilines is 1. The van der Waals surface area contributed by atoms with E-state index in [1.165, 1.54) is 18.2 Å². The second-order valence-corrected chi connectivity index (χ2v) is 5.46. The van der Waals surface area contributed by atoms with Gasteiger partial charge in [0.15, 0.2) is 0 Å². The summed E-state index contributed by atoms with van der Waals surface area (Å²) in [6.45, 7) is -0.0354. The van der Waals surface area contributed by atoms with Gasteiger partial charge in [-0.25, -0.2) is 4.39 Å². The Kier molecular flexibility index (Phi) is 4.37. The lowest BCUT2D eigenvalue weighted by Gasteiger charge is -2.26. The third-order valence-electron chi connectivity index (χ3n) is 3.85. The van der Waals surface area contributed by atoms with Crippen LogP contribution in [0.1, 0.15) is 22.3 Å². The van der Waals surface area contributed by atoms with Crippen LogP contribution in [0.2, 0.25) is 0 Å². The Morgan fingerprint density at radius 2 is 1.79 bits per heavy atom. The maximum Gasteiger partial charge on any atom is 0.260 e. The van der Waals surface area contributed by atoms with Crippen LogP contribution >= 0.6 is 0 Å². The van der Waals surface area contributed by atoms with Crippen molar-refractivity contribution in [2.75, 3.05) is 11.9 Å². The minimum atomic E-state index is -0.537. The Morgan fingerprint density at radius 1 is 1.08 bits per heavy atom. The largest absolute Gasteiger partial charge is 0.324 e. The fourth-order valence-corrected chi connectivity index (χ4v) is 2.61. The average molecular weight is 326 g/mol. The van der Waals surface area contributed by atoms with E-state index < -0.39 is 17.6 Å². The Labute approximate surface area is 138 Å². The number of carbonyl (C=O) groups excluding carboxylic acids is 3. The first-order valence-electron chi connectivity index (χ1n) is 7.53. The second-order valence-electron chi connectivity index (χ2n) is 5.46. The monoisotopic (exact) mass is 326 g/mol. The molecule has 0 aliphatic carbocycles. The van der Waals surface area contributed by atoms with Crippen molar-refractivity contribution >= 4 is 23.4 Å². The van der Waals surface area contributed by atoms with Crippen molar-refractivity contribution in [2.24, 2.45) is 0 Å². The summed E-state index contributed by atoms with van der Waals surface area (Å²) in [7, 11) is 0. The first-order valence-corrected chi connectivity index (χ1v) is 7.53. The summed E-state index contributed by atoms with van der Waals surface area (Å²) in [6.07, 6.45) is 0.0465. The summed E-state index contributed by atoms with van der Waals surface area (Å²) in [6, 6.07) is 12.7. The van der Waals surface area contributed by atoms with Crippen LogP contribution in [0.25, 0.3) is 0 Å². The molecule has 0 atom stereocenters. The van der Waals surface area contributed by atoms with Gasteiger partial charge in [0, 0.05) is 18.5 Å². The van der Waals surface area contributed by atoms with Crippen LogP contribution in [0, 0.1) is 5.82 Å². The van der Waals surface area contributed by atoms with Crippen molar-refractivity contribution < 1.29 is 18.8 Å². The smallest absolute Gasteiger partial charge is 0.260 e. The van der Waals surface area contributed by atoms with Gasteiger partial charge in [-0.05, 0) is 23.8 Å². The average Bonchev–Trinajstić information content (AvgIpc) is 2.57. The molecule has 24 heavy (non-hydrogen) atoms. The topological polar surface area (TPSA) is 66.5 Å². The van der Waals surface area contributed by atoms with E-state index >= 15 is 0 Å². The summed E-state index contributed by atoms with van der Waals surface area (Å²) in [4.78, 5) is 37.5. The molecule has 0 fully saturated rings. The van der Waals surface area contributed by atoms with Crippen LogP contribution in [0.3, 0.4) is 0 Å². The number of rotatable bonds is 4. The van der Waals surface area contributed by atoms with Gasteiger partial charge < -0.3 is 5.32 Å². The Balaban J connectivity index is 1.64. The number of para-hydroxylation sites is 1. The molecule has 6 heteroatoms. The Morgan fingerprint density at radius 3 is 2.58 bits per heavy atom. The van der Waals surface area contributed by atoms with Crippen molar-refractivity contribution in [2.45, 2.75) is 12.8 Å². The molecule has 0 bridgehead atoms. The number of fused-ring (bicyclic) bond motifs is 1. The van der Waals surface area contributed by atoms with E-state index in [0.29, 0.717) is 11.1 Å². The van der Waals surface area contributed by atoms with Crippen LogP contribution < -0.4 is 5.32 Å². The van der Waals surface area contributed by atoms with Crippen molar-refractivity contribution in [3.63, 3.8) is 0 Å². The summed E-state index contributed by atoms with van der Waals surface area (Å²) in [5, 5.41) is 2.44. The summed E-state index contributed by atoms with van der Waals surface area (Å²) < 4.78 is 13.5. The van der Waals surface area contributed by atoms with Crippen LogP contribution in [-0.4, -0.2) is 29.2 Å². The number of hydrogen-bond donors (Lipinski definition) is 1. The minimum Gasteiger partial charge on any atom is -0.324 e. The maximum atomic E-state index is 13.5. The summed E-state index contributed by atoms with van der Waals surface area (Å²) in [5.41, 5.74) is 1.25. The molecule has 0 saturated heterocycles. The third-order valence-corrected chi connectivity index (χ3v) is 3.85. The zero-order valence-electron chi connectivity index (χ0n) is 12.8. The molecule has 1 N–H and O–H groups in total. The highest BCUT2D eigenvalue weighted by Gasteiger charge is 2.30. The van der Waals surface area contributed by atoms with E-state index in [4.69, 9.17) is 0 Å². The van der Waals surface area contributed by atoms with Gasteiger partial charge in [-0.1, -0.05) is 30.3 Å². The van der Waals surface area contributed by atoms with Gasteiger partial charge in [0.1, 0.15) is 5.82 Å². The lowest BCUT2D eigenvalue weighted by Crippen LogP contribution is -2.43. The van der Waals surface area contributed by atoms with E-state index in [2.05, 4.69) is 5.32 Å². The quantitative estimate of drug-likeness (QED) is 0.877. The SMILES string of the molecule is O=C(CCN1C(=O)Cc2ccccc2C1=O)Nc1ccccc1F. The molecule has 2 aromatic rings. The summed E-state index contributed by atoms with van der Waals surface area (Å²) >= 11 is 0. The van der Waals surface area contributed by atoms with Crippen LogP contribution in [-0.2, 0) is 16.0 Å². The van der Waals surface area contributed by atoms with Crippen LogP contribution in [0.4, 0.5) is 10.1 Å². The second kappa shape index (κ2) is 6.62. The molecular formula is C18H15FN2O3. The predicted octanol–water partition coefficient (Wildman–Crippen LogP) is 2.38. The number of imide groups is 1. The maximum absolute atomic E-state index is 13.5. The van der Waals surface area contributed by atoms with Gasteiger partial charge in [0.2, 0.25) is 11.8 Å². The molecule has 0 spiro atoms. The molecule has 1 heterocycles. The molecule has 3 rings (SSSR count). The first kappa shape index (κ1) is 15.9. The van der Waals surface area contributed by atoms with E-state index in [-0.39, 0.29) is 31.0 Å². The van der Waals surface area contributed by atoms with E-state index in [0.717, 1.165) is 4.90 Å². The van der Waals surface area contributed by atoms with Crippen LogP contribution in [0.5, 0.6) is 0 Å². The number of carbonyl (C=O) groups is 3. The molecular weight excluding hydrogens is 311 g/mol. The van der Waals surface area contributed by atoms with Gasteiger partial charge in [0.25, 0.3) is 5.91 Å². The number of benzene rings is 2. The molecule has 5 nitrogen and oxygen atoms in total. The van der Waals surface area contributed by atoms with E-state index in [1.54, 1.807) is 30.3 Å². The Bertz CT molecular complexity index is 819. The minimum absolute atomic E-state index is 0.0354. The lowest BCUT2D eigenvalue weighted by molar-refractivity contribution is -0.128. The van der Waals surface area contributed by atoms with Gasteiger partial charge in [-0.2, -0.15) is 0 Å².